The fourth-order valence-electron chi connectivity index (χ4n) is 0.774. The van der Waals surface area contributed by atoms with Crippen LogP contribution in [0, 0.1) is 6.92 Å². The number of aromatic nitrogens is 1. The quantitative estimate of drug-likeness (QED) is 0.557. The van der Waals surface area contributed by atoms with Crippen molar-refractivity contribution in [1.29, 1.82) is 0 Å². The molecule has 1 heterocycles. The van der Waals surface area contributed by atoms with Gasteiger partial charge in [-0.25, -0.2) is 0 Å². The van der Waals surface area contributed by atoms with E-state index in [1.807, 2.05) is 0 Å². The van der Waals surface area contributed by atoms with Crippen LogP contribution in [-0.2, 0) is 6.54 Å². The van der Waals surface area contributed by atoms with Crippen LogP contribution in [0.3, 0.4) is 0 Å². The Morgan fingerprint density at radius 3 is 2.67 bits per heavy atom. The molecule has 1 aromatic rings. The van der Waals surface area contributed by atoms with Gasteiger partial charge in [0.1, 0.15) is 6.54 Å². The lowest BCUT2D eigenvalue weighted by atomic mass is 10.5. The highest BCUT2D eigenvalue weighted by Crippen LogP contribution is 2.11. The minimum atomic E-state index is 0.870. The Bertz CT molecular complexity index is 187. The molecule has 1 aromatic heterocycles. The fraction of sp³-hybridized carbons (Fsp3) is 0.500. The van der Waals surface area contributed by atoms with Crippen LogP contribution in [0.15, 0.2) is 5.38 Å². The predicted molar refractivity (Wildman–Crippen MR) is 39.9 cm³/mol. The number of aryl methyl sites for hydroxylation is 1. The van der Waals surface area contributed by atoms with Gasteiger partial charge in [-0.1, -0.05) is 11.3 Å². The van der Waals surface area contributed by atoms with Crippen LogP contribution in [0.2, 0.25) is 4.47 Å². The second kappa shape index (κ2) is 2.67. The van der Waals surface area contributed by atoms with Gasteiger partial charge in [0.05, 0.1) is 5.38 Å². The van der Waals surface area contributed by atoms with E-state index in [2.05, 4.69) is 23.8 Å². The molecular weight excluding hydrogens is 154 g/mol. The van der Waals surface area contributed by atoms with E-state index in [0.29, 0.717) is 0 Å². The van der Waals surface area contributed by atoms with Gasteiger partial charge in [-0.2, -0.15) is 4.57 Å². The fourth-order valence-corrected chi connectivity index (χ4v) is 1.96. The van der Waals surface area contributed by atoms with E-state index in [1.54, 1.807) is 11.3 Å². The molecule has 1 rings (SSSR count). The summed E-state index contributed by atoms with van der Waals surface area (Å²) in [7, 11) is 0. The first-order valence-corrected chi connectivity index (χ1v) is 4.15. The summed E-state index contributed by atoms with van der Waals surface area (Å²) in [5.41, 5.74) is 1.24. The number of nitrogens with zero attached hydrogens (tertiary/aromatic N) is 1. The van der Waals surface area contributed by atoms with Crippen LogP contribution in [0.4, 0.5) is 0 Å². The molecule has 0 bridgehead atoms. The van der Waals surface area contributed by atoms with Crippen molar-refractivity contribution in [3.8, 4) is 0 Å². The van der Waals surface area contributed by atoms with Crippen molar-refractivity contribution in [2.45, 2.75) is 20.4 Å². The standard InChI is InChI=1S/C6H9ClNS/c1-3-8-5(2)4-9-6(8)7/h4H,3H2,1-2H3/q+1. The van der Waals surface area contributed by atoms with E-state index in [9.17, 15) is 0 Å². The highest BCUT2D eigenvalue weighted by atomic mass is 35.5. The molecule has 0 atom stereocenters. The minimum Gasteiger partial charge on any atom is -0.177 e. The Kier molecular flexibility index (Phi) is 2.09. The van der Waals surface area contributed by atoms with Crippen LogP contribution < -0.4 is 4.57 Å². The van der Waals surface area contributed by atoms with Crippen molar-refractivity contribution in [3.63, 3.8) is 0 Å². The number of rotatable bonds is 1. The summed E-state index contributed by atoms with van der Waals surface area (Å²) < 4.78 is 2.95. The number of thiazole rings is 1. The molecule has 0 radical (unpaired) electrons. The summed E-state index contributed by atoms with van der Waals surface area (Å²) in [5.74, 6) is 0. The predicted octanol–water partition coefficient (Wildman–Crippen LogP) is 2.02. The van der Waals surface area contributed by atoms with Crippen molar-refractivity contribution >= 4 is 22.9 Å². The van der Waals surface area contributed by atoms with Crippen LogP contribution >= 0.6 is 22.9 Å². The zero-order valence-corrected chi connectivity index (χ0v) is 7.09. The van der Waals surface area contributed by atoms with Crippen molar-refractivity contribution in [2.75, 3.05) is 0 Å². The first-order chi connectivity index (χ1) is 4.25. The second-order valence-electron chi connectivity index (χ2n) is 1.87. The highest BCUT2D eigenvalue weighted by Gasteiger charge is 2.10. The molecule has 0 unspecified atom stereocenters. The zero-order valence-electron chi connectivity index (χ0n) is 5.52. The Morgan fingerprint density at radius 2 is 2.44 bits per heavy atom. The maximum Gasteiger partial charge on any atom is 0.333 e. The van der Waals surface area contributed by atoms with Crippen LogP contribution in [0.1, 0.15) is 12.6 Å². The summed E-state index contributed by atoms with van der Waals surface area (Å²) in [6.07, 6.45) is 0. The molecule has 3 heteroatoms. The lowest BCUT2D eigenvalue weighted by Crippen LogP contribution is -2.33. The van der Waals surface area contributed by atoms with Gasteiger partial charge in [0, 0.05) is 18.5 Å². The summed E-state index contributed by atoms with van der Waals surface area (Å²) >= 11 is 7.41. The van der Waals surface area contributed by atoms with Crippen LogP contribution in [0.25, 0.3) is 0 Å². The molecule has 0 aliphatic heterocycles. The van der Waals surface area contributed by atoms with E-state index in [4.69, 9.17) is 11.6 Å². The molecule has 0 saturated heterocycles. The Balaban J connectivity index is 3.07. The van der Waals surface area contributed by atoms with Gasteiger partial charge >= 0.3 is 4.47 Å². The smallest absolute Gasteiger partial charge is 0.177 e. The third-order valence-electron chi connectivity index (χ3n) is 1.28. The summed E-state index contributed by atoms with van der Waals surface area (Å²) in [6, 6.07) is 0. The maximum absolute atomic E-state index is 5.83. The van der Waals surface area contributed by atoms with E-state index in [1.165, 1.54) is 5.69 Å². The molecule has 0 amide bonds. The topological polar surface area (TPSA) is 3.88 Å². The number of hydrogen-bond acceptors (Lipinski definition) is 1. The molecule has 0 aromatic carbocycles. The molecule has 50 valence electrons. The Labute approximate surface area is 63.9 Å². The summed E-state index contributed by atoms with van der Waals surface area (Å²) in [4.78, 5) is 0. The van der Waals surface area contributed by atoms with Crippen molar-refractivity contribution in [2.24, 2.45) is 0 Å². The molecule has 0 N–H and O–H groups in total. The lowest BCUT2D eigenvalue weighted by Gasteiger charge is -1.86. The number of halogens is 1. The normalized spacial score (nSPS) is 10.1. The van der Waals surface area contributed by atoms with Gasteiger partial charge in [0.2, 0.25) is 0 Å². The Hall–Kier alpha value is -0.0800. The summed E-state index contributed by atoms with van der Waals surface area (Å²) in [5, 5.41) is 2.06. The van der Waals surface area contributed by atoms with Gasteiger partial charge in [0.25, 0.3) is 0 Å². The highest BCUT2D eigenvalue weighted by molar-refractivity contribution is 7.13. The first kappa shape index (κ1) is 7.03. The van der Waals surface area contributed by atoms with Crippen molar-refractivity contribution < 1.29 is 4.57 Å². The van der Waals surface area contributed by atoms with Gasteiger partial charge in [-0.05, 0) is 6.92 Å². The van der Waals surface area contributed by atoms with Crippen molar-refractivity contribution in [3.05, 3.63) is 15.5 Å². The largest absolute Gasteiger partial charge is 0.333 e. The molecule has 0 aliphatic carbocycles. The number of hydrogen-bond donors (Lipinski definition) is 0. The first-order valence-electron chi connectivity index (χ1n) is 2.89. The Morgan fingerprint density at radius 1 is 1.78 bits per heavy atom. The van der Waals surface area contributed by atoms with E-state index in [0.717, 1.165) is 11.0 Å². The van der Waals surface area contributed by atoms with Crippen molar-refractivity contribution in [1.82, 2.24) is 0 Å². The lowest BCUT2D eigenvalue weighted by molar-refractivity contribution is -0.692. The molecule has 0 spiro atoms. The molecule has 0 saturated carbocycles. The molecule has 9 heavy (non-hydrogen) atoms. The molecule has 1 nitrogen and oxygen atoms in total. The van der Waals surface area contributed by atoms with E-state index in [-0.39, 0.29) is 0 Å². The third kappa shape index (κ3) is 1.25. The SMILES string of the molecule is CC[n+]1c(C)csc1Cl. The maximum atomic E-state index is 5.83. The average Bonchev–Trinajstić information content (AvgIpc) is 2.12. The molecule has 0 fully saturated rings. The van der Waals surface area contributed by atoms with Gasteiger partial charge in [-0.3, -0.25) is 0 Å². The minimum absolute atomic E-state index is 0.870. The van der Waals surface area contributed by atoms with E-state index < -0.39 is 0 Å². The second-order valence-corrected chi connectivity index (χ2v) is 3.31. The van der Waals surface area contributed by atoms with Gasteiger partial charge in [-0.15, -0.1) is 0 Å². The van der Waals surface area contributed by atoms with Crippen LogP contribution in [-0.4, -0.2) is 0 Å². The third-order valence-corrected chi connectivity index (χ3v) is 2.63. The van der Waals surface area contributed by atoms with Gasteiger partial charge < -0.3 is 0 Å². The average molecular weight is 163 g/mol. The van der Waals surface area contributed by atoms with Crippen LogP contribution in [0.5, 0.6) is 0 Å². The summed E-state index contributed by atoms with van der Waals surface area (Å²) in [6.45, 7) is 5.12. The van der Waals surface area contributed by atoms with E-state index >= 15 is 0 Å². The van der Waals surface area contributed by atoms with Gasteiger partial charge in [0.15, 0.2) is 5.69 Å². The monoisotopic (exact) mass is 162 g/mol. The molecular formula is C6H9ClNS+. The zero-order chi connectivity index (χ0) is 6.85. The molecule has 0 aliphatic rings.